The first-order valence-corrected chi connectivity index (χ1v) is 16.2. The number of rotatable bonds is 19. The minimum Gasteiger partial charge on any atom is -0.294 e. The average molecular weight is 617 g/mol. The average Bonchev–Trinajstić information content (AvgIpc) is 2.94. The number of hydrogen-bond acceptors (Lipinski definition) is 2. The molecule has 2 nitrogen and oxygen atoms in total. The van der Waals surface area contributed by atoms with Crippen LogP contribution in [0.3, 0.4) is 0 Å². The Kier molecular flexibility index (Phi) is 16.3. The summed E-state index contributed by atoms with van der Waals surface area (Å²) in [7, 11) is 0. The van der Waals surface area contributed by atoms with Crippen LogP contribution in [0.1, 0.15) is 121 Å². The van der Waals surface area contributed by atoms with Gasteiger partial charge in [-0.3, -0.25) is 9.69 Å². The SMILES string of the molecule is CCCCCCCCCN(CCCCCCCCC)C(C)C(=O)c1ccc2cc(Br)c3ccccc3c2c1.Cl. The molecular weight excluding hydrogens is 566 g/mol. The molecule has 0 N–H and O–H groups in total. The van der Waals surface area contributed by atoms with E-state index in [4.69, 9.17) is 0 Å². The second-order valence-corrected chi connectivity index (χ2v) is 12.0. The van der Waals surface area contributed by atoms with Gasteiger partial charge in [-0.15, -0.1) is 12.4 Å². The third-order valence-corrected chi connectivity index (χ3v) is 8.78. The fourth-order valence-corrected chi connectivity index (χ4v) is 6.25. The summed E-state index contributed by atoms with van der Waals surface area (Å²) in [5, 5.41) is 4.72. The first-order chi connectivity index (χ1) is 18.6. The molecule has 1 atom stereocenters. The highest BCUT2D eigenvalue weighted by Crippen LogP contribution is 2.32. The summed E-state index contributed by atoms with van der Waals surface area (Å²) < 4.78 is 1.10. The topological polar surface area (TPSA) is 20.3 Å². The molecule has 3 aromatic rings. The molecule has 39 heavy (non-hydrogen) atoms. The largest absolute Gasteiger partial charge is 0.294 e. The molecule has 0 heterocycles. The van der Waals surface area contributed by atoms with E-state index in [9.17, 15) is 4.79 Å². The zero-order chi connectivity index (χ0) is 27.2. The molecule has 0 bridgehead atoms. The van der Waals surface area contributed by atoms with Crippen molar-refractivity contribution in [3.8, 4) is 0 Å². The van der Waals surface area contributed by atoms with E-state index < -0.39 is 0 Å². The fraction of sp³-hybridized carbons (Fsp3) is 0.571. The maximum absolute atomic E-state index is 13.8. The van der Waals surface area contributed by atoms with Gasteiger partial charge in [-0.1, -0.05) is 143 Å². The lowest BCUT2D eigenvalue weighted by atomic mass is 9.96. The smallest absolute Gasteiger partial charge is 0.179 e. The van der Waals surface area contributed by atoms with Crippen LogP contribution < -0.4 is 0 Å². The number of Topliss-reactive ketones (excluding diaryl/α,β-unsaturated/α-hetero) is 1. The Morgan fingerprint density at radius 1 is 0.692 bits per heavy atom. The number of benzene rings is 3. The summed E-state index contributed by atoms with van der Waals surface area (Å²) in [6.45, 7) is 8.74. The Morgan fingerprint density at radius 3 is 1.77 bits per heavy atom. The molecule has 0 saturated heterocycles. The lowest BCUT2D eigenvalue weighted by Crippen LogP contribution is -2.40. The van der Waals surface area contributed by atoms with Crippen molar-refractivity contribution in [2.75, 3.05) is 13.1 Å². The quantitative estimate of drug-likeness (QED) is 0.0758. The summed E-state index contributed by atoms with van der Waals surface area (Å²) >= 11 is 3.73. The van der Waals surface area contributed by atoms with Crippen LogP contribution in [0.4, 0.5) is 0 Å². The van der Waals surface area contributed by atoms with Gasteiger partial charge in [-0.2, -0.15) is 0 Å². The summed E-state index contributed by atoms with van der Waals surface area (Å²) in [5.41, 5.74) is 0.835. The number of fused-ring (bicyclic) bond motifs is 3. The maximum atomic E-state index is 13.8. The van der Waals surface area contributed by atoms with Crippen molar-refractivity contribution in [1.82, 2.24) is 4.90 Å². The van der Waals surface area contributed by atoms with Crippen molar-refractivity contribution in [3.63, 3.8) is 0 Å². The van der Waals surface area contributed by atoms with Crippen molar-refractivity contribution < 1.29 is 4.79 Å². The predicted molar refractivity (Wildman–Crippen MR) is 178 cm³/mol. The highest BCUT2D eigenvalue weighted by molar-refractivity contribution is 9.10. The second-order valence-electron chi connectivity index (χ2n) is 11.2. The van der Waals surface area contributed by atoms with Gasteiger partial charge in [0, 0.05) is 10.0 Å². The second kappa shape index (κ2) is 18.8. The highest BCUT2D eigenvalue weighted by atomic mass is 79.9. The van der Waals surface area contributed by atoms with Crippen LogP contribution in [-0.4, -0.2) is 29.8 Å². The molecule has 0 amide bonds. The third-order valence-electron chi connectivity index (χ3n) is 8.12. The van der Waals surface area contributed by atoms with E-state index in [1.807, 2.05) is 6.07 Å². The molecule has 4 heteroatoms. The molecule has 0 aromatic heterocycles. The van der Waals surface area contributed by atoms with Crippen LogP contribution in [0.5, 0.6) is 0 Å². The molecular formula is C35H51BrClNO. The molecule has 3 rings (SSSR count). The number of halogens is 2. The summed E-state index contributed by atoms with van der Waals surface area (Å²) in [6.07, 6.45) is 18.3. The zero-order valence-electron chi connectivity index (χ0n) is 24.7. The number of carbonyl (C=O) groups is 1. The van der Waals surface area contributed by atoms with Gasteiger partial charge >= 0.3 is 0 Å². The van der Waals surface area contributed by atoms with Crippen LogP contribution >= 0.6 is 28.3 Å². The highest BCUT2D eigenvalue weighted by Gasteiger charge is 2.22. The Balaban J connectivity index is 0.00000533. The van der Waals surface area contributed by atoms with Gasteiger partial charge in [0.15, 0.2) is 5.78 Å². The lowest BCUT2D eigenvalue weighted by Gasteiger charge is -2.28. The van der Waals surface area contributed by atoms with E-state index in [-0.39, 0.29) is 24.2 Å². The van der Waals surface area contributed by atoms with E-state index in [1.54, 1.807) is 0 Å². The Hall–Kier alpha value is -1.42. The normalized spacial score (nSPS) is 12.2. The Labute approximate surface area is 252 Å². The maximum Gasteiger partial charge on any atom is 0.179 e. The van der Waals surface area contributed by atoms with Gasteiger partial charge in [0.05, 0.1) is 6.04 Å². The third kappa shape index (κ3) is 10.5. The van der Waals surface area contributed by atoms with E-state index in [0.717, 1.165) is 28.5 Å². The van der Waals surface area contributed by atoms with Crippen molar-refractivity contribution in [3.05, 3.63) is 58.6 Å². The number of nitrogens with zero attached hydrogens (tertiary/aromatic N) is 1. The number of ketones is 1. The van der Waals surface area contributed by atoms with Gasteiger partial charge in [-0.05, 0) is 66.5 Å². The first kappa shape index (κ1) is 33.8. The number of hydrogen-bond donors (Lipinski definition) is 0. The van der Waals surface area contributed by atoms with Gasteiger partial charge in [-0.25, -0.2) is 0 Å². The van der Waals surface area contributed by atoms with Crippen LogP contribution in [-0.2, 0) is 0 Å². The fourth-order valence-electron chi connectivity index (χ4n) is 5.66. The first-order valence-electron chi connectivity index (χ1n) is 15.5. The van der Waals surface area contributed by atoms with Crippen LogP contribution in [0.15, 0.2) is 53.0 Å². The Morgan fingerprint density at radius 2 is 1.21 bits per heavy atom. The molecule has 0 radical (unpaired) electrons. The van der Waals surface area contributed by atoms with Crippen LogP contribution in [0.25, 0.3) is 21.5 Å². The van der Waals surface area contributed by atoms with Crippen LogP contribution in [0, 0.1) is 0 Å². The van der Waals surface area contributed by atoms with E-state index in [2.05, 4.69) is 84.1 Å². The van der Waals surface area contributed by atoms with E-state index >= 15 is 0 Å². The molecule has 0 aliphatic heterocycles. The molecule has 0 spiro atoms. The minimum absolute atomic E-state index is 0. The van der Waals surface area contributed by atoms with E-state index in [1.165, 1.54) is 106 Å². The summed E-state index contributed by atoms with van der Waals surface area (Å²) in [6, 6.07) is 16.8. The van der Waals surface area contributed by atoms with Gasteiger partial charge in [0.1, 0.15) is 0 Å². The van der Waals surface area contributed by atoms with Crippen molar-refractivity contribution >= 4 is 55.7 Å². The van der Waals surface area contributed by atoms with Crippen molar-refractivity contribution in [2.45, 2.75) is 117 Å². The van der Waals surface area contributed by atoms with Gasteiger partial charge in [0.25, 0.3) is 0 Å². The van der Waals surface area contributed by atoms with Crippen molar-refractivity contribution in [1.29, 1.82) is 0 Å². The van der Waals surface area contributed by atoms with Crippen molar-refractivity contribution in [2.24, 2.45) is 0 Å². The predicted octanol–water partition coefficient (Wildman–Crippen LogP) is 11.6. The van der Waals surface area contributed by atoms with Crippen LogP contribution in [0.2, 0.25) is 0 Å². The molecule has 1 unspecified atom stereocenters. The number of unbranched alkanes of at least 4 members (excludes halogenated alkanes) is 12. The minimum atomic E-state index is -0.0886. The molecule has 216 valence electrons. The lowest BCUT2D eigenvalue weighted by molar-refractivity contribution is 0.0832. The summed E-state index contributed by atoms with van der Waals surface area (Å²) in [4.78, 5) is 16.3. The molecule has 0 fully saturated rings. The van der Waals surface area contributed by atoms with Gasteiger partial charge < -0.3 is 0 Å². The summed E-state index contributed by atoms with van der Waals surface area (Å²) in [5.74, 6) is 0.254. The molecule has 0 saturated carbocycles. The number of carbonyl (C=O) groups excluding carboxylic acids is 1. The standard InChI is InChI=1S/C35H50BrNO.ClH/c1-4-6-8-10-12-14-18-24-37(25-19-15-13-11-9-7-5-2)28(3)35(38)30-23-22-29-27-34(36)32-21-17-16-20-31(32)33(29)26-30;/h16-17,20-23,26-28H,4-15,18-19,24-25H2,1-3H3;1H. The molecule has 3 aromatic carbocycles. The van der Waals surface area contributed by atoms with Gasteiger partial charge in [0.2, 0.25) is 0 Å². The monoisotopic (exact) mass is 615 g/mol. The van der Waals surface area contributed by atoms with E-state index in [0.29, 0.717) is 0 Å². The Bertz CT molecular complexity index is 1110. The molecule has 0 aliphatic rings. The zero-order valence-corrected chi connectivity index (χ0v) is 27.1. The molecule has 0 aliphatic carbocycles.